The first kappa shape index (κ1) is 23.5. The van der Waals surface area contributed by atoms with E-state index in [1.54, 1.807) is 0 Å². The molecule has 0 amide bonds. The molecule has 5 aromatic carbocycles. The molecule has 3 aromatic heterocycles. The van der Waals surface area contributed by atoms with E-state index >= 15 is 0 Å². The fourth-order valence-corrected chi connectivity index (χ4v) is 6.14. The summed E-state index contributed by atoms with van der Waals surface area (Å²) in [4.78, 5) is 4.36. The Morgan fingerprint density at radius 1 is 0.634 bits per heavy atom. The summed E-state index contributed by atoms with van der Waals surface area (Å²) in [5.74, 6) is 0. The number of para-hydroxylation sites is 1. The van der Waals surface area contributed by atoms with E-state index in [4.69, 9.17) is 8.83 Å². The number of allylic oxidation sites excluding steroid dienone is 1. The molecular weight excluding hydrogens is 502 g/mol. The normalized spacial score (nSPS) is 12.9. The maximum Gasteiger partial charge on any atom is 0.136 e. The fourth-order valence-electron chi connectivity index (χ4n) is 6.14. The van der Waals surface area contributed by atoms with Gasteiger partial charge in [0.1, 0.15) is 22.2 Å². The van der Waals surface area contributed by atoms with Crippen LogP contribution in [-0.4, -0.2) is 4.98 Å². The number of fused-ring (bicyclic) bond motifs is 7. The van der Waals surface area contributed by atoms with Crippen molar-refractivity contribution in [2.75, 3.05) is 0 Å². The minimum Gasteiger partial charge on any atom is -0.456 e. The van der Waals surface area contributed by atoms with E-state index in [9.17, 15) is 0 Å². The molecule has 0 radical (unpaired) electrons. The maximum absolute atomic E-state index is 6.30. The van der Waals surface area contributed by atoms with E-state index in [2.05, 4.69) is 84.4 Å². The highest BCUT2D eigenvalue weighted by Crippen LogP contribution is 2.40. The topological polar surface area (TPSA) is 39.2 Å². The first-order chi connectivity index (χ1) is 20.2. The van der Waals surface area contributed by atoms with Crippen molar-refractivity contribution in [2.45, 2.75) is 6.92 Å². The first-order valence-electron chi connectivity index (χ1n) is 13.8. The second kappa shape index (κ2) is 9.07. The zero-order valence-corrected chi connectivity index (χ0v) is 22.5. The zero-order chi connectivity index (χ0) is 27.5. The second-order valence-corrected chi connectivity index (χ2v) is 10.4. The third kappa shape index (κ3) is 3.63. The van der Waals surface area contributed by atoms with E-state index in [0.29, 0.717) is 0 Å². The fraction of sp³-hybridized carbons (Fsp3) is 0.0263. The monoisotopic (exact) mass is 527 g/mol. The molecule has 8 rings (SSSR count). The lowest BCUT2D eigenvalue weighted by molar-refractivity contribution is 0.575. The van der Waals surface area contributed by atoms with Crippen LogP contribution in [0.3, 0.4) is 0 Å². The van der Waals surface area contributed by atoms with Gasteiger partial charge in [-0.25, -0.2) is 0 Å². The van der Waals surface area contributed by atoms with Gasteiger partial charge in [0, 0.05) is 39.3 Å². The second-order valence-electron chi connectivity index (χ2n) is 10.4. The van der Waals surface area contributed by atoms with E-state index in [0.717, 1.165) is 65.6 Å². The van der Waals surface area contributed by atoms with Crippen LogP contribution in [0.15, 0.2) is 125 Å². The summed E-state index contributed by atoms with van der Waals surface area (Å²) in [5.41, 5.74) is 8.05. The summed E-state index contributed by atoms with van der Waals surface area (Å²) in [6.45, 7) is 5.92. The third-order valence-electron chi connectivity index (χ3n) is 8.06. The molecule has 0 bridgehead atoms. The number of furan rings is 2. The van der Waals surface area contributed by atoms with Crippen molar-refractivity contribution in [2.24, 2.45) is 0 Å². The average Bonchev–Trinajstić information content (AvgIpc) is 3.57. The highest BCUT2D eigenvalue weighted by molar-refractivity contribution is 6.20. The number of hydrogen-bond acceptors (Lipinski definition) is 3. The molecule has 0 aliphatic rings. The highest BCUT2D eigenvalue weighted by atomic mass is 16.3. The molecule has 8 aromatic rings. The van der Waals surface area contributed by atoms with Gasteiger partial charge in [0.05, 0.1) is 0 Å². The minimum atomic E-state index is 0.857. The Balaban J connectivity index is 1.49. The van der Waals surface area contributed by atoms with Gasteiger partial charge in [-0.2, -0.15) is 0 Å². The largest absolute Gasteiger partial charge is 0.456 e. The van der Waals surface area contributed by atoms with Gasteiger partial charge in [0.2, 0.25) is 0 Å². The van der Waals surface area contributed by atoms with Crippen LogP contribution in [0.25, 0.3) is 88.9 Å². The lowest BCUT2D eigenvalue weighted by Gasteiger charge is -2.13. The summed E-state index contributed by atoms with van der Waals surface area (Å²) < 4.78 is 12.4. The van der Waals surface area contributed by atoms with Gasteiger partial charge in [0.25, 0.3) is 0 Å². The molecule has 0 saturated carbocycles. The van der Waals surface area contributed by atoms with Gasteiger partial charge < -0.3 is 8.83 Å². The number of aromatic nitrogens is 1. The molecule has 0 fully saturated rings. The van der Waals surface area contributed by atoms with Gasteiger partial charge in [-0.3, -0.25) is 4.98 Å². The van der Waals surface area contributed by atoms with Crippen LogP contribution in [0.4, 0.5) is 0 Å². The zero-order valence-electron chi connectivity index (χ0n) is 22.5. The molecule has 3 heteroatoms. The van der Waals surface area contributed by atoms with E-state index in [1.807, 2.05) is 55.7 Å². The Hall–Kier alpha value is -5.41. The van der Waals surface area contributed by atoms with Gasteiger partial charge >= 0.3 is 0 Å². The predicted molar refractivity (Wildman–Crippen MR) is 171 cm³/mol. The SMILES string of the molecule is C=C/C=c1\c(=C/C)oc2ccc(-c3cc4cc5c(cc4c4cc(-c6cccnc6)ccc34)oc3ccccc35)cc12. The summed E-state index contributed by atoms with van der Waals surface area (Å²) >= 11 is 0. The van der Waals surface area contributed by atoms with Crippen LogP contribution in [0.1, 0.15) is 6.92 Å². The summed E-state index contributed by atoms with van der Waals surface area (Å²) in [5, 5.41) is 9.06. The Kier molecular flexibility index (Phi) is 5.19. The molecule has 3 heterocycles. The average molecular weight is 528 g/mol. The number of benzene rings is 5. The van der Waals surface area contributed by atoms with Crippen LogP contribution in [-0.2, 0) is 0 Å². The molecule has 0 spiro atoms. The standard InChI is InChI=1S/C38H25NO2/c1-3-8-28-33-18-24(13-15-37(33)40-35(28)4-2)30-19-26-20-34-29-10-5-6-11-36(29)41-38(34)21-31(26)32-17-23(12-14-27(30)32)25-9-7-16-39-22-25/h3-22H,1H2,2H3/b28-8-,35-4+. The third-order valence-corrected chi connectivity index (χ3v) is 8.06. The van der Waals surface area contributed by atoms with Crippen LogP contribution in [0.5, 0.6) is 0 Å². The van der Waals surface area contributed by atoms with Crippen LogP contribution < -0.4 is 10.6 Å². The smallest absolute Gasteiger partial charge is 0.136 e. The number of rotatable bonds is 3. The van der Waals surface area contributed by atoms with E-state index in [-0.39, 0.29) is 0 Å². The van der Waals surface area contributed by atoms with Crippen molar-refractivity contribution >= 4 is 66.6 Å². The minimum absolute atomic E-state index is 0.857. The summed E-state index contributed by atoms with van der Waals surface area (Å²) in [6, 6.07) is 32.3. The molecule has 194 valence electrons. The first-order valence-corrected chi connectivity index (χ1v) is 13.8. The van der Waals surface area contributed by atoms with E-state index in [1.165, 1.54) is 21.7 Å². The molecule has 41 heavy (non-hydrogen) atoms. The van der Waals surface area contributed by atoms with Crippen LogP contribution in [0.2, 0.25) is 0 Å². The molecule has 0 atom stereocenters. The van der Waals surface area contributed by atoms with Crippen molar-refractivity contribution in [1.29, 1.82) is 0 Å². The molecule has 0 aliphatic carbocycles. The van der Waals surface area contributed by atoms with Gasteiger partial charge in [-0.1, -0.05) is 61.2 Å². The predicted octanol–water partition coefficient (Wildman–Crippen LogP) is 9.13. The van der Waals surface area contributed by atoms with E-state index < -0.39 is 0 Å². The molecule has 0 unspecified atom stereocenters. The lowest BCUT2D eigenvalue weighted by Crippen LogP contribution is -2.18. The lowest BCUT2D eigenvalue weighted by atomic mass is 9.90. The van der Waals surface area contributed by atoms with Crippen LogP contribution in [0, 0.1) is 0 Å². The Morgan fingerprint density at radius 2 is 1.49 bits per heavy atom. The Labute approximate surface area is 236 Å². The van der Waals surface area contributed by atoms with Crippen molar-refractivity contribution in [3.8, 4) is 22.3 Å². The van der Waals surface area contributed by atoms with Crippen molar-refractivity contribution in [3.05, 3.63) is 127 Å². The van der Waals surface area contributed by atoms with Crippen LogP contribution >= 0.6 is 0 Å². The number of pyridine rings is 1. The van der Waals surface area contributed by atoms with Gasteiger partial charge in [-0.15, -0.1) is 0 Å². The Bertz CT molecular complexity index is 2440. The molecular formula is C38H25NO2. The van der Waals surface area contributed by atoms with Crippen molar-refractivity contribution in [3.63, 3.8) is 0 Å². The van der Waals surface area contributed by atoms with Gasteiger partial charge in [0.15, 0.2) is 0 Å². The molecule has 0 N–H and O–H groups in total. The summed E-state index contributed by atoms with van der Waals surface area (Å²) in [7, 11) is 0. The Morgan fingerprint density at radius 3 is 2.34 bits per heavy atom. The molecule has 0 saturated heterocycles. The van der Waals surface area contributed by atoms with Crippen molar-refractivity contribution < 1.29 is 8.83 Å². The van der Waals surface area contributed by atoms with Crippen molar-refractivity contribution in [1.82, 2.24) is 4.98 Å². The highest BCUT2D eigenvalue weighted by Gasteiger charge is 2.15. The van der Waals surface area contributed by atoms with Gasteiger partial charge in [-0.05, 0) is 99.8 Å². The maximum atomic E-state index is 6.30. The molecule has 3 nitrogen and oxygen atoms in total. The molecule has 0 aliphatic heterocycles. The quantitative estimate of drug-likeness (QED) is 0.215. The summed E-state index contributed by atoms with van der Waals surface area (Å²) in [6.07, 6.45) is 9.56. The number of nitrogens with zero attached hydrogens (tertiary/aromatic N) is 1. The number of hydrogen-bond donors (Lipinski definition) is 0.